The molecule has 0 aromatic carbocycles. The molecule has 5 aliphatic rings. The number of aromatic nitrogens is 3. The van der Waals surface area contributed by atoms with Crippen molar-refractivity contribution in [2.45, 2.75) is 38.5 Å². The molecule has 13 heteroatoms. The highest BCUT2D eigenvalue weighted by Crippen LogP contribution is 2.53. The number of nitrogens with zero attached hydrogens (tertiary/aromatic N) is 8. The van der Waals surface area contributed by atoms with Gasteiger partial charge in [-0.3, -0.25) is 9.59 Å². The third-order valence-corrected chi connectivity index (χ3v) is 10.6. The maximum Gasteiger partial charge on any atom is 0.247 e. The van der Waals surface area contributed by atoms with Crippen molar-refractivity contribution in [3.63, 3.8) is 0 Å². The Labute approximate surface area is 287 Å². The Bertz CT molecular complexity index is 1780. The summed E-state index contributed by atoms with van der Waals surface area (Å²) in [4.78, 5) is 44.2. The van der Waals surface area contributed by atoms with E-state index >= 15 is 0 Å². The molecule has 246 valence electrons. The maximum atomic E-state index is 13.0. The molecule has 48 heavy (non-hydrogen) atoms. The van der Waals surface area contributed by atoms with Crippen molar-refractivity contribution in [3.05, 3.63) is 59.6 Å². The van der Waals surface area contributed by atoms with Gasteiger partial charge in [-0.05, 0) is 96.6 Å². The Kier molecular flexibility index (Phi) is 8.75. The van der Waals surface area contributed by atoms with Crippen LogP contribution in [0.15, 0.2) is 59.6 Å². The van der Waals surface area contributed by atoms with Crippen molar-refractivity contribution < 1.29 is 14.3 Å². The second-order valence-electron chi connectivity index (χ2n) is 13.0. The van der Waals surface area contributed by atoms with E-state index in [1.807, 2.05) is 42.6 Å². The van der Waals surface area contributed by atoms with E-state index in [9.17, 15) is 20.1 Å². The van der Waals surface area contributed by atoms with Gasteiger partial charge in [0.2, 0.25) is 11.8 Å². The summed E-state index contributed by atoms with van der Waals surface area (Å²) >= 11 is 3.30. The van der Waals surface area contributed by atoms with Gasteiger partial charge in [0.05, 0.1) is 37.2 Å². The minimum atomic E-state index is -0.840. The van der Waals surface area contributed by atoms with Crippen LogP contribution in [-0.2, 0) is 14.3 Å². The second-order valence-corrected chi connectivity index (χ2v) is 13.8. The molecule has 2 atom stereocenters. The number of carbonyl (C=O) groups is 2. The summed E-state index contributed by atoms with van der Waals surface area (Å²) in [5.74, 6) is 1.68. The molecule has 0 bridgehead atoms. The van der Waals surface area contributed by atoms with Crippen LogP contribution >= 0.6 is 15.9 Å². The number of amides is 2. The molecule has 5 fully saturated rings. The zero-order valence-corrected chi connectivity index (χ0v) is 28.1. The van der Waals surface area contributed by atoms with E-state index in [4.69, 9.17) is 4.74 Å². The molecular formula is C35H36BrN9O3. The van der Waals surface area contributed by atoms with Crippen LogP contribution < -0.4 is 20.0 Å². The fourth-order valence-electron chi connectivity index (χ4n) is 7.08. The molecule has 0 unspecified atom stereocenters. The Morgan fingerprint density at radius 2 is 1.33 bits per heavy atom. The summed E-state index contributed by atoms with van der Waals surface area (Å²) in [5.41, 5.74) is 1.05. The van der Waals surface area contributed by atoms with E-state index in [0.717, 1.165) is 69.0 Å². The molecule has 1 N–H and O–H groups in total. The first-order chi connectivity index (χ1) is 23.4. The summed E-state index contributed by atoms with van der Waals surface area (Å²) in [6.45, 7) is 4.40. The third kappa shape index (κ3) is 6.09. The Morgan fingerprint density at radius 1 is 0.750 bits per heavy atom. The number of nitrogens with one attached hydrogen (secondary N) is 1. The number of rotatable bonds is 7. The van der Waals surface area contributed by atoms with Gasteiger partial charge >= 0.3 is 0 Å². The van der Waals surface area contributed by atoms with Gasteiger partial charge < -0.3 is 24.8 Å². The number of halogens is 1. The minimum absolute atomic E-state index is 0.0365. The van der Waals surface area contributed by atoms with E-state index in [0.29, 0.717) is 42.2 Å². The smallest absolute Gasteiger partial charge is 0.247 e. The minimum Gasteiger partial charge on any atom is -0.378 e. The quantitative estimate of drug-likeness (QED) is 0.324. The van der Waals surface area contributed by atoms with Crippen LogP contribution in [0.1, 0.15) is 38.5 Å². The molecule has 2 saturated carbocycles. The molecule has 3 aromatic heterocycles. The molecule has 2 amide bonds. The molecule has 3 aromatic rings. The molecule has 2 aliphatic carbocycles. The van der Waals surface area contributed by atoms with Gasteiger partial charge in [-0.1, -0.05) is 0 Å². The summed E-state index contributed by atoms with van der Waals surface area (Å²) in [7, 11) is 0. The summed E-state index contributed by atoms with van der Waals surface area (Å²) < 4.78 is 6.10. The number of ether oxygens (including phenoxy) is 1. The predicted molar refractivity (Wildman–Crippen MR) is 182 cm³/mol. The number of morpholine rings is 1. The van der Waals surface area contributed by atoms with Gasteiger partial charge in [0.1, 0.15) is 27.1 Å². The lowest BCUT2D eigenvalue weighted by Gasteiger charge is -2.28. The fraction of sp³-hybridized carbons (Fsp3) is 0.457. The Balaban J connectivity index is 0.000000172. The molecule has 0 radical (unpaired) electrons. The van der Waals surface area contributed by atoms with E-state index in [2.05, 4.69) is 53.2 Å². The molecule has 12 nitrogen and oxygen atoms in total. The highest BCUT2D eigenvalue weighted by atomic mass is 79.9. The molecule has 0 spiro atoms. The first-order valence-corrected chi connectivity index (χ1v) is 17.3. The largest absolute Gasteiger partial charge is 0.378 e. The van der Waals surface area contributed by atoms with Crippen LogP contribution in [0.2, 0.25) is 0 Å². The Hall–Kier alpha value is -4.59. The van der Waals surface area contributed by atoms with Crippen LogP contribution in [0.25, 0.3) is 0 Å². The van der Waals surface area contributed by atoms with Crippen LogP contribution in [0.4, 0.5) is 28.7 Å². The van der Waals surface area contributed by atoms with Gasteiger partial charge in [0.15, 0.2) is 0 Å². The maximum absolute atomic E-state index is 13.0. The fourth-order valence-corrected chi connectivity index (χ4v) is 7.44. The van der Waals surface area contributed by atoms with Crippen molar-refractivity contribution in [1.82, 2.24) is 15.0 Å². The topological polar surface area (TPSA) is 151 Å². The normalized spacial score (nSPS) is 25.3. The third-order valence-electron chi connectivity index (χ3n) is 10.1. The molecule has 8 rings (SSSR count). The summed E-state index contributed by atoms with van der Waals surface area (Å²) in [6.07, 6.45) is 10.4. The van der Waals surface area contributed by atoms with Gasteiger partial charge in [0.25, 0.3) is 0 Å². The van der Waals surface area contributed by atoms with Crippen LogP contribution in [-0.4, -0.2) is 66.2 Å². The second kappa shape index (κ2) is 13.1. The number of anilines is 5. The lowest BCUT2D eigenvalue weighted by molar-refractivity contribution is -0.124. The molecule has 3 saturated heterocycles. The first-order valence-electron chi connectivity index (χ1n) is 16.5. The van der Waals surface area contributed by atoms with Gasteiger partial charge in [-0.2, -0.15) is 10.5 Å². The average Bonchev–Trinajstić information content (AvgIpc) is 4.07. The van der Waals surface area contributed by atoms with E-state index in [1.54, 1.807) is 22.2 Å². The Morgan fingerprint density at radius 3 is 1.85 bits per heavy atom. The van der Waals surface area contributed by atoms with Crippen LogP contribution in [0, 0.1) is 45.3 Å². The van der Waals surface area contributed by atoms with Crippen LogP contribution in [0.3, 0.4) is 0 Å². The number of carbonyl (C=O) groups excluding carboxylic acids is 2. The highest BCUT2D eigenvalue weighted by Gasteiger charge is 2.57. The van der Waals surface area contributed by atoms with Crippen molar-refractivity contribution in [3.8, 4) is 12.1 Å². The number of nitriles is 2. The standard InChI is InChI=1S/C22H24N6O2.C13H12BrN3O/c23-15-22(16-1-2-16)6-8-28(21(22)29)17-5-7-24-20(13-17)26-19-4-3-18(14-25-19)27-9-11-30-12-10-27;14-11-7-10(3-5-16-11)17-6-4-13(8-15,12(17)18)9-1-2-9/h3-5,7,13-14,16H,1-2,6,8-12H2,(H,24,25,26);3,5,7,9H,1-2,4,6H2/t22-;13-/m11/s1. The van der Waals surface area contributed by atoms with E-state index in [-0.39, 0.29) is 23.7 Å². The SMILES string of the molecule is N#C[C@@]1(C2CC2)CCN(c2ccnc(Br)c2)C1=O.N#C[C@@]1(C2CC2)CCN(c2ccnc(Nc3ccc(N4CCOCC4)cn3)c2)C1=O. The van der Waals surface area contributed by atoms with Crippen molar-refractivity contribution in [2.75, 3.05) is 59.4 Å². The van der Waals surface area contributed by atoms with Crippen molar-refractivity contribution in [1.29, 1.82) is 10.5 Å². The monoisotopic (exact) mass is 709 g/mol. The van der Waals surface area contributed by atoms with E-state index in [1.165, 1.54) is 0 Å². The number of hydrogen-bond donors (Lipinski definition) is 1. The van der Waals surface area contributed by atoms with E-state index < -0.39 is 10.8 Å². The lowest BCUT2D eigenvalue weighted by atomic mass is 9.83. The summed E-state index contributed by atoms with van der Waals surface area (Å²) in [6, 6.07) is 15.9. The van der Waals surface area contributed by atoms with Crippen molar-refractivity contribution >= 4 is 56.4 Å². The van der Waals surface area contributed by atoms with Crippen molar-refractivity contribution in [2.24, 2.45) is 22.7 Å². The lowest BCUT2D eigenvalue weighted by Crippen LogP contribution is -2.36. The predicted octanol–water partition coefficient (Wildman–Crippen LogP) is 5.21. The number of pyridine rings is 3. The van der Waals surface area contributed by atoms with Gasteiger partial charge in [-0.15, -0.1) is 0 Å². The summed E-state index contributed by atoms with van der Waals surface area (Å²) in [5, 5.41) is 22.3. The molecule has 3 aliphatic heterocycles. The van der Waals surface area contributed by atoms with Gasteiger partial charge in [-0.25, -0.2) is 15.0 Å². The molecule has 6 heterocycles. The number of hydrogen-bond acceptors (Lipinski definition) is 10. The first kappa shape index (κ1) is 32.0. The highest BCUT2D eigenvalue weighted by molar-refractivity contribution is 9.10. The zero-order valence-electron chi connectivity index (χ0n) is 26.5. The molecular weight excluding hydrogens is 674 g/mol. The van der Waals surface area contributed by atoms with Gasteiger partial charge in [0, 0.05) is 56.0 Å². The zero-order chi connectivity index (χ0) is 33.3. The van der Waals surface area contributed by atoms with Crippen LogP contribution in [0.5, 0.6) is 0 Å². The average molecular weight is 711 g/mol.